The van der Waals surface area contributed by atoms with Gasteiger partial charge in [-0.15, -0.1) is 0 Å². The minimum absolute atomic E-state index is 0.0831. The van der Waals surface area contributed by atoms with Gasteiger partial charge in [-0.1, -0.05) is 6.07 Å². The number of aliphatic hydroxyl groups excluding tert-OH is 1. The molecule has 6 nitrogen and oxygen atoms in total. The zero-order chi connectivity index (χ0) is 14.1. The highest BCUT2D eigenvalue weighted by molar-refractivity contribution is 5.65. The molecular weight excluding hydrogens is 262 g/mol. The summed E-state index contributed by atoms with van der Waals surface area (Å²) in [6, 6.07) is 5.35. The summed E-state index contributed by atoms with van der Waals surface area (Å²) < 4.78 is 10.5. The molecule has 1 saturated heterocycles. The summed E-state index contributed by atoms with van der Waals surface area (Å²) in [7, 11) is 0. The van der Waals surface area contributed by atoms with Gasteiger partial charge < -0.3 is 24.6 Å². The number of amides is 1. The van der Waals surface area contributed by atoms with Gasteiger partial charge in [-0.2, -0.15) is 0 Å². The number of ether oxygens (including phenoxy) is 2. The zero-order valence-electron chi connectivity index (χ0n) is 11.0. The van der Waals surface area contributed by atoms with Crippen molar-refractivity contribution in [3.8, 4) is 11.5 Å². The Morgan fingerprint density at radius 3 is 2.95 bits per heavy atom. The molecule has 2 aliphatic rings. The number of piperidine rings is 1. The first kappa shape index (κ1) is 13.1. The van der Waals surface area contributed by atoms with Gasteiger partial charge in [0.2, 0.25) is 6.79 Å². The average molecular weight is 279 g/mol. The minimum atomic E-state index is -0.924. The van der Waals surface area contributed by atoms with E-state index in [4.69, 9.17) is 14.6 Å². The van der Waals surface area contributed by atoms with E-state index in [0.29, 0.717) is 24.6 Å². The number of fused-ring (bicyclic) bond motifs is 1. The molecule has 2 N–H and O–H groups in total. The Balaban J connectivity index is 1.75. The molecule has 0 saturated carbocycles. The predicted octanol–water partition coefficient (Wildman–Crippen LogP) is 1.84. The Labute approximate surface area is 116 Å². The van der Waals surface area contributed by atoms with E-state index < -0.39 is 12.2 Å². The van der Waals surface area contributed by atoms with Crippen molar-refractivity contribution in [1.29, 1.82) is 0 Å². The van der Waals surface area contributed by atoms with Crippen molar-refractivity contribution in [2.45, 2.75) is 18.9 Å². The number of carboxylic acid groups (broad SMARTS) is 1. The molecule has 1 aromatic rings. The van der Waals surface area contributed by atoms with E-state index >= 15 is 0 Å². The molecule has 0 aromatic heterocycles. The van der Waals surface area contributed by atoms with Crippen LogP contribution in [0.3, 0.4) is 0 Å². The zero-order valence-corrected chi connectivity index (χ0v) is 11.0. The van der Waals surface area contributed by atoms with Gasteiger partial charge in [0, 0.05) is 19.0 Å². The highest BCUT2D eigenvalue weighted by Crippen LogP contribution is 2.37. The molecule has 1 fully saturated rings. The molecule has 3 rings (SSSR count). The number of hydrogen-bond acceptors (Lipinski definition) is 4. The summed E-state index contributed by atoms with van der Waals surface area (Å²) in [5.41, 5.74) is 0.742. The van der Waals surface area contributed by atoms with Crippen LogP contribution < -0.4 is 9.47 Å². The van der Waals surface area contributed by atoms with Gasteiger partial charge >= 0.3 is 6.09 Å². The van der Waals surface area contributed by atoms with Crippen molar-refractivity contribution in [2.75, 3.05) is 19.9 Å². The number of benzene rings is 1. The van der Waals surface area contributed by atoms with Crippen molar-refractivity contribution < 1.29 is 24.5 Å². The number of rotatable bonds is 2. The van der Waals surface area contributed by atoms with Gasteiger partial charge in [-0.25, -0.2) is 4.79 Å². The van der Waals surface area contributed by atoms with Crippen molar-refractivity contribution >= 4 is 6.09 Å². The summed E-state index contributed by atoms with van der Waals surface area (Å²) in [5, 5.41) is 19.5. The Morgan fingerprint density at radius 1 is 1.35 bits per heavy atom. The number of hydrogen-bond donors (Lipinski definition) is 2. The van der Waals surface area contributed by atoms with E-state index in [1.54, 1.807) is 18.2 Å². The second kappa shape index (κ2) is 5.20. The average Bonchev–Trinajstić information content (AvgIpc) is 2.94. The second-order valence-electron chi connectivity index (χ2n) is 5.19. The fourth-order valence-corrected chi connectivity index (χ4v) is 2.81. The van der Waals surface area contributed by atoms with Gasteiger partial charge in [-0.05, 0) is 30.5 Å². The van der Waals surface area contributed by atoms with Gasteiger partial charge in [0.15, 0.2) is 11.5 Å². The van der Waals surface area contributed by atoms with E-state index in [9.17, 15) is 9.90 Å². The molecular formula is C14H17NO5. The Morgan fingerprint density at radius 2 is 2.15 bits per heavy atom. The van der Waals surface area contributed by atoms with Gasteiger partial charge in [0.25, 0.3) is 0 Å². The maximum Gasteiger partial charge on any atom is 0.407 e. The molecule has 108 valence electrons. The van der Waals surface area contributed by atoms with E-state index in [1.807, 2.05) is 0 Å². The van der Waals surface area contributed by atoms with Crippen LogP contribution in [-0.4, -0.2) is 41.1 Å². The number of likely N-dealkylation sites (tertiary alicyclic amines) is 1. The SMILES string of the molecule is O=C(O)N1CCCC(C(O)c2ccc3c(c2)OCO3)C1. The number of carbonyl (C=O) groups is 1. The van der Waals surface area contributed by atoms with Crippen molar-refractivity contribution in [3.63, 3.8) is 0 Å². The minimum Gasteiger partial charge on any atom is -0.465 e. The fraction of sp³-hybridized carbons (Fsp3) is 0.500. The molecule has 20 heavy (non-hydrogen) atoms. The lowest BCUT2D eigenvalue weighted by molar-refractivity contribution is 0.0502. The van der Waals surface area contributed by atoms with Gasteiger partial charge in [0.05, 0.1) is 6.10 Å². The quantitative estimate of drug-likeness (QED) is 0.863. The smallest absolute Gasteiger partial charge is 0.407 e. The lowest BCUT2D eigenvalue weighted by Crippen LogP contribution is -2.40. The third-order valence-electron chi connectivity index (χ3n) is 3.91. The molecule has 1 aromatic carbocycles. The summed E-state index contributed by atoms with van der Waals surface area (Å²) >= 11 is 0. The normalized spacial score (nSPS) is 22.6. The largest absolute Gasteiger partial charge is 0.465 e. The van der Waals surface area contributed by atoms with Crippen LogP contribution in [0.4, 0.5) is 4.79 Å². The fourth-order valence-electron chi connectivity index (χ4n) is 2.81. The predicted molar refractivity (Wildman–Crippen MR) is 69.8 cm³/mol. The van der Waals surface area contributed by atoms with Crippen molar-refractivity contribution in [2.24, 2.45) is 5.92 Å². The van der Waals surface area contributed by atoms with Crippen LogP contribution >= 0.6 is 0 Å². The molecule has 1 amide bonds. The summed E-state index contributed by atoms with van der Waals surface area (Å²) in [6.45, 7) is 1.11. The second-order valence-corrected chi connectivity index (χ2v) is 5.19. The Bertz CT molecular complexity index is 518. The first-order valence-corrected chi connectivity index (χ1v) is 6.70. The first-order chi connectivity index (χ1) is 9.65. The molecule has 2 unspecified atom stereocenters. The van der Waals surface area contributed by atoms with Crippen LogP contribution in [0.5, 0.6) is 11.5 Å². The van der Waals surface area contributed by atoms with Gasteiger partial charge in [0.1, 0.15) is 0 Å². The maximum absolute atomic E-state index is 11.0. The van der Waals surface area contributed by atoms with E-state index in [2.05, 4.69) is 0 Å². The van der Waals surface area contributed by atoms with Crippen LogP contribution in [-0.2, 0) is 0 Å². The monoisotopic (exact) mass is 279 g/mol. The van der Waals surface area contributed by atoms with E-state index in [0.717, 1.165) is 18.4 Å². The third-order valence-corrected chi connectivity index (χ3v) is 3.91. The molecule has 0 bridgehead atoms. The summed E-state index contributed by atoms with van der Waals surface area (Å²) in [5.74, 6) is 1.23. The summed E-state index contributed by atoms with van der Waals surface area (Å²) in [6.07, 6.45) is -0.0166. The molecule has 2 heterocycles. The molecule has 0 radical (unpaired) electrons. The Hall–Kier alpha value is -1.95. The van der Waals surface area contributed by atoms with E-state index in [1.165, 1.54) is 4.90 Å². The number of aliphatic hydroxyl groups is 1. The van der Waals surface area contributed by atoms with Crippen molar-refractivity contribution in [1.82, 2.24) is 4.90 Å². The van der Waals surface area contributed by atoms with Crippen LogP contribution in [0.15, 0.2) is 18.2 Å². The molecule has 2 aliphatic heterocycles. The molecule has 0 aliphatic carbocycles. The van der Waals surface area contributed by atoms with E-state index in [-0.39, 0.29) is 12.7 Å². The van der Waals surface area contributed by atoms with Gasteiger partial charge in [-0.3, -0.25) is 0 Å². The highest BCUT2D eigenvalue weighted by atomic mass is 16.7. The van der Waals surface area contributed by atoms with Crippen LogP contribution in [0, 0.1) is 5.92 Å². The Kier molecular flexibility index (Phi) is 3.40. The molecule has 0 spiro atoms. The first-order valence-electron chi connectivity index (χ1n) is 6.70. The lowest BCUT2D eigenvalue weighted by Gasteiger charge is -2.33. The van der Waals surface area contributed by atoms with Crippen LogP contribution in [0.1, 0.15) is 24.5 Å². The maximum atomic E-state index is 11.0. The van der Waals surface area contributed by atoms with Crippen LogP contribution in [0.25, 0.3) is 0 Å². The van der Waals surface area contributed by atoms with Crippen LogP contribution in [0.2, 0.25) is 0 Å². The topological polar surface area (TPSA) is 79.2 Å². The molecule has 2 atom stereocenters. The third kappa shape index (κ3) is 2.38. The number of nitrogens with zero attached hydrogens (tertiary/aromatic N) is 1. The summed E-state index contributed by atoms with van der Waals surface area (Å²) in [4.78, 5) is 12.4. The molecule has 6 heteroatoms. The van der Waals surface area contributed by atoms with Crippen molar-refractivity contribution in [3.05, 3.63) is 23.8 Å². The lowest BCUT2D eigenvalue weighted by atomic mass is 9.88. The highest BCUT2D eigenvalue weighted by Gasteiger charge is 2.30. The standard InChI is InChI=1S/C14H17NO5/c16-13(10-2-1-5-15(7-10)14(17)18)9-3-4-11-12(6-9)20-8-19-11/h3-4,6,10,13,16H,1-2,5,7-8H2,(H,17,18).